The van der Waals surface area contributed by atoms with Gasteiger partial charge in [-0.1, -0.05) is 15.9 Å². The molecule has 0 saturated carbocycles. The van der Waals surface area contributed by atoms with Crippen LogP contribution in [0, 0.1) is 11.6 Å². The van der Waals surface area contributed by atoms with Crippen LogP contribution >= 0.6 is 15.9 Å². The van der Waals surface area contributed by atoms with E-state index in [2.05, 4.69) is 15.9 Å². The molecule has 3 rings (SSSR count). The van der Waals surface area contributed by atoms with Gasteiger partial charge in [-0.05, 0) is 42.8 Å². The first-order chi connectivity index (χ1) is 9.95. The first kappa shape index (κ1) is 14.2. The highest BCUT2D eigenvalue weighted by atomic mass is 79.9. The maximum Gasteiger partial charge on any atom is 0.198 e. The maximum absolute atomic E-state index is 13.9. The van der Waals surface area contributed by atoms with E-state index >= 15 is 0 Å². The minimum absolute atomic E-state index is 0.0477. The fourth-order valence-electron chi connectivity index (χ4n) is 2.47. The van der Waals surface area contributed by atoms with E-state index in [0.29, 0.717) is 6.42 Å². The number of hydrogen-bond acceptors (Lipinski definition) is 2. The van der Waals surface area contributed by atoms with Gasteiger partial charge in [0.2, 0.25) is 0 Å². The van der Waals surface area contributed by atoms with Crippen molar-refractivity contribution in [2.24, 2.45) is 0 Å². The Morgan fingerprint density at radius 1 is 1.24 bits per heavy atom. The summed E-state index contributed by atoms with van der Waals surface area (Å²) in [5.74, 6) is -1.70. The van der Waals surface area contributed by atoms with Gasteiger partial charge in [-0.3, -0.25) is 4.79 Å². The molecule has 2 nitrogen and oxygen atoms in total. The third kappa shape index (κ3) is 2.58. The van der Waals surface area contributed by atoms with Gasteiger partial charge in [0, 0.05) is 16.5 Å². The molecule has 0 saturated heterocycles. The Hall–Kier alpha value is -1.75. The molecule has 0 radical (unpaired) electrons. The summed E-state index contributed by atoms with van der Waals surface area (Å²) in [4.78, 5) is 12.3. The van der Waals surface area contributed by atoms with Crippen molar-refractivity contribution in [1.29, 1.82) is 0 Å². The van der Waals surface area contributed by atoms with Crippen molar-refractivity contribution in [3.8, 4) is 5.75 Å². The lowest BCUT2D eigenvalue weighted by Crippen LogP contribution is -2.08. The molecule has 21 heavy (non-hydrogen) atoms. The van der Waals surface area contributed by atoms with Crippen LogP contribution < -0.4 is 4.74 Å². The van der Waals surface area contributed by atoms with Crippen molar-refractivity contribution in [2.45, 2.75) is 19.4 Å². The average Bonchev–Trinajstić information content (AvgIpc) is 2.76. The van der Waals surface area contributed by atoms with Gasteiger partial charge in [0.15, 0.2) is 5.78 Å². The molecule has 5 heteroatoms. The van der Waals surface area contributed by atoms with Gasteiger partial charge in [0.1, 0.15) is 23.5 Å². The fourth-order valence-corrected chi connectivity index (χ4v) is 2.87. The Morgan fingerprint density at radius 3 is 2.57 bits per heavy atom. The summed E-state index contributed by atoms with van der Waals surface area (Å²) < 4.78 is 33.5. The summed E-state index contributed by atoms with van der Waals surface area (Å²) in [5, 5.41) is 0. The normalized spacial score (nSPS) is 16.5. The molecule has 108 valence electrons. The summed E-state index contributed by atoms with van der Waals surface area (Å²) in [6.45, 7) is 1.93. The first-order valence-corrected chi connectivity index (χ1v) is 7.24. The van der Waals surface area contributed by atoms with Crippen LogP contribution in [0.3, 0.4) is 0 Å². The highest BCUT2D eigenvalue weighted by Crippen LogP contribution is 2.31. The number of benzene rings is 2. The Labute approximate surface area is 128 Å². The molecular formula is C16H11BrF2O2. The van der Waals surface area contributed by atoms with E-state index in [0.717, 1.165) is 23.4 Å². The van der Waals surface area contributed by atoms with Crippen molar-refractivity contribution >= 4 is 21.7 Å². The van der Waals surface area contributed by atoms with Crippen molar-refractivity contribution in [2.75, 3.05) is 0 Å². The molecule has 1 heterocycles. The number of halogens is 3. The van der Waals surface area contributed by atoms with E-state index in [1.54, 1.807) is 12.1 Å². The number of ketones is 1. The summed E-state index contributed by atoms with van der Waals surface area (Å²) in [6.07, 6.45) is 0.730. The molecule has 1 aliphatic rings. The van der Waals surface area contributed by atoms with Crippen LogP contribution in [-0.2, 0) is 6.42 Å². The second-order valence-electron chi connectivity index (χ2n) is 5.03. The molecule has 1 aliphatic heterocycles. The van der Waals surface area contributed by atoms with Gasteiger partial charge < -0.3 is 4.74 Å². The van der Waals surface area contributed by atoms with Crippen LogP contribution in [0.5, 0.6) is 5.75 Å². The third-order valence-corrected chi connectivity index (χ3v) is 3.85. The standard InChI is InChI=1S/C16H11BrF2O2/c1-8-4-10-5-9(2-3-14(10)21-8)16(20)15-12(18)6-11(17)7-13(15)19/h2-3,5-8H,4H2,1H3. The molecule has 2 aromatic carbocycles. The van der Waals surface area contributed by atoms with Crippen LogP contribution in [0.1, 0.15) is 28.4 Å². The van der Waals surface area contributed by atoms with E-state index in [1.165, 1.54) is 6.07 Å². The Balaban J connectivity index is 2.02. The van der Waals surface area contributed by atoms with E-state index in [4.69, 9.17) is 4.74 Å². The number of ether oxygens (including phenoxy) is 1. The predicted octanol–water partition coefficient (Wildman–Crippen LogP) is 4.28. The summed E-state index contributed by atoms with van der Waals surface area (Å²) in [5.41, 5.74) is 0.600. The fraction of sp³-hybridized carbons (Fsp3) is 0.188. The predicted molar refractivity (Wildman–Crippen MR) is 77.7 cm³/mol. The monoisotopic (exact) mass is 352 g/mol. The van der Waals surface area contributed by atoms with Gasteiger partial charge in [-0.15, -0.1) is 0 Å². The molecule has 0 amide bonds. The molecule has 0 fully saturated rings. The molecule has 0 aliphatic carbocycles. The van der Waals surface area contributed by atoms with E-state index in [-0.39, 0.29) is 16.1 Å². The largest absolute Gasteiger partial charge is 0.490 e. The summed E-state index contributed by atoms with van der Waals surface area (Å²) in [7, 11) is 0. The summed E-state index contributed by atoms with van der Waals surface area (Å²) >= 11 is 2.99. The zero-order valence-electron chi connectivity index (χ0n) is 11.1. The lowest BCUT2D eigenvalue weighted by Gasteiger charge is -2.07. The number of rotatable bonds is 2. The minimum Gasteiger partial charge on any atom is -0.490 e. The SMILES string of the molecule is CC1Cc2cc(C(=O)c3c(F)cc(Br)cc3F)ccc2O1. The van der Waals surface area contributed by atoms with Crippen LogP contribution in [0.15, 0.2) is 34.8 Å². The second-order valence-corrected chi connectivity index (χ2v) is 5.94. The van der Waals surface area contributed by atoms with Crippen LogP contribution in [0.2, 0.25) is 0 Å². The van der Waals surface area contributed by atoms with Crippen LogP contribution in [0.25, 0.3) is 0 Å². The second kappa shape index (κ2) is 5.22. The highest BCUT2D eigenvalue weighted by molar-refractivity contribution is 9.10. The molecule has 1 atom stereocenters. The smallest absolute Gasteiger partial charge is 0.198 e. The molecule has 0 bridgehead atoms. The van der Waals surface area contributed by atoms with Crippen LogP contribution in [-0.4, -0.2) is 11.9 Å². The molecule has 0 aromatic heterocycles. The molecular weight excluding hydrogens is 342 g/mol. The summed E-state index contributed by atoms with van der Waals surface area (Å²) in [6, 6.07) is 6.99. The average molecular weight is 353 g/mol. The molecule has 0 N–H and O–H groups in total. The minimum atomic E-state index is -0.878. The Morgan fingerprint density at radius 2 is 1.90 bits per heavy atom. The van der Waals surface area contributed by atoms with Gasteiger partial charge in [0.05, 0.1) is 5.56 Å². The number of carbonyl (C=O) groups excluding carboxylic acids is 1. The maximum atomic E-state index is 13.9. The van der Waals surface area contributed by atoms with Crippen LogP contribution in [0.4, 0.5) is 8.78 Å². The van der Waals surface area contributed by atoms with Crippen molar-refractivity contribution in [3.05, 3.63) is 63.1 Å². The van der Waals surface area contributed by atoms with Gasteiger partial charge >= 0.3 is 0 Å². The lowest BCUT2D eigenvalue weighted by molar-refractivity contribution is 0.103. The zero-order valence-corrected chi connectivity index (χ0v) is 12.7. The van der Waals surface area contributed by atoms with Crippen molar-refractivity contribution < 1.29 is 18.3 Å². The highest BCUT2D eigenvalue weighted by Gasteiger charge is 2.24. The molecule has 0 spiro atoms. The van der Waals surface area contributed by atoms with Crippen molar-refractivity contribution in [3.63, 3.8) is 0 Å². The topological polar surface area (TPSA) is 26.3 Å². The Kier molecular flexibility index (Phi) is 3.53. The molecule has 2 aromatic rings. The third-order valence-electron chi connectivity index (χ3n) is 3.39. The molecule has 1 unspecified atom stereocenters. The van der Waals surface area contributed by atoms with E-state index in [9.17, 15) is 13.6 Å². The van der Waals surface area contributed by atoms with E-state index in [1.807, 2.05) is 6.92 Å². The quantitative estimate of drug-likeness (QED) is 0.754. The number of carbonyl (C=O) groups is 1. The van der Waals surface area contributed by atoms with Gasteiger partial charge in [-0.25, -0.2) is 8.78 Å². The Bertz CT molecular complexity index is 720. The van der Waals surface area contributed by atoms with E-state index < -0.39 is 23.0 Å². The van der Waals surface area contributed by atoms with Gasteiger partial charge in [0.25, 0.3) is 0 Å². The lowest BCUT2D eigenvalue weighted by atomic mass is 9.99. The van der Waals surface area contributed by atoms with Gasteiger partial charge in [-0.2, -0.15) is 0 Å². The number of hydrogen-bond donors (Lipinski definition) is 0. The zero-order chi connectivity index (χ0) is 15.1. The number of fused-ring (bicyclic) bond motifs is 1. The van der Waals surface area contributed by atoms with Crippen molar-refractivity contribution in [1.82, 2.24) is 0 Å². The first-order valence-electron chi connectivity index (χ1n) is 6.44.